The molecular formula is C13H16N2. The Hall–Kier alpha value is -1.57. The molecule has 1 atom stereocenters. The van der Waals surface area contributed by atoms with Gasteiger partial charge in [-0.3, -0.25) is 4.68 Å². The molecule has 0 bridgehead atoms. The first kappa shape index (κ1) is 9.97. The minimum atomic E-state index is 0.507. The molecule has 0 fully saturated rings. The molecule has 0 radical (unpaired) electrons. The van der Waals surface area contributed by atoms with Gasteiger partial charge in [0.25, 0.3) is 0 Å². The summed E-state index contributed by atoms with van der Waals surface area (Å²) in [6, 6.07) is 2.11. The highest BCUT2D eigenvalue weighted by atomic mass is 15.3. The van der Waals surface area contributed by atoms with Crippen molar-refractivity contribution >= 4 is 5.57 Å². The Kier molecular flexibility index (Phi) is 2.58. The molecule has 0 saturated carbocycles. The maximum absolute atomic E-state index is 4.35. The number of rotatable bonds is 1. The Labute approximate surface area is 90.6 Å². The maximum atomic E-state index is 4.35. The van der Waals surface area contributed by atoms with Gasteiger partial charge in [0.05, 0.1) is 11.4 Å². The Morgan fingerprint density at radius 1 is 1.33 bits per heavy atom. The molecule has 15 heavy (non-hydrogen) atoms. The Bertz CT molecular complexity index is 447. The first-order chi connectivity index (χ1) is 7.16. The molecule has 0 saturated heterocycles. The van der Waals surface area contributed by atoms with Gasteiger partial charge in [-0.1, -0.05) is 37.3 Å². The van der Waals surface area contributed by atoms with Gasteiger partial charge >= 0.3 is 0 Å². The van der Waals surface area contributed by atoms with E-state index in [2.05, 4.69) is 48.5 Å². The summed E-state index contributed by atoms with van der Waals surface area (Å²) in [5, 5.41) is 4.35. The third-order valence-corrected chi connectivity index (χ3v) is 2.57. The van der Waals surface area contributed by atoms with Crippen molar-refractivity contribution < 1.29 is 0 Å². The number of hydrogen-bond acceptors (Lipinski definition) is 1. The minimum Gasteiger partial charge on any atom is -0.268 e. The molecule has 78 valence electrons. The van der Waals surface area contributed by atoms with Crippen molar-refractivity contribution in [2.75, 3.05) is 0 Å². The lowest BCUT2D eigenvalue weighted by Gasteiger charge is -2.01. The maximum Gasteiger partial charge on any atom is 0.0681 e. The van der Waals surface area contributed by atoms with E-state index in [9.17, 15) is 0 Å². The topological polar surface area (TPSA) is 17.8 Å². The monoisotopic (exact) mass is 200 g/mol. The molecule has 0 aliphatic heterocycles. The summed E-state index contributed by atoms with van der Waals surface area (Å²) in [6.07, 6.45) is 10.8. The molecule has 0 spiro atoms. The van der Waals surface area contributed by atoms with Gasteiger partial charge < -0.3 is 0 Å². The van der Waals surface area contributed by atoms with Gasteiger partial charge in [-0.05, 0) is 24.5 Å². The van der Waals surface area contributed by atoms with Gasteiger partial charge in [0.2, 0.25) is 0 Å². The predicted molar refractivity (Wildman–Crippen MR) is 63.4 cm³/mol. The Morgan fingerprint density at radius 3 is 2.80 bits per heavy atom. The summed E-state index contributed by atoms with van der Waals surface area (Å²) < 4.78 is 1.93. The van der Waals surface area contributed by atoms with Crippen LogP contribution in [0.5, 0.6) is 0 Å². The highest BCUT2D eigenvalue weighted by Gasteiger charge is 2.06. The second-order valence-electron chi connectivity index (χ2n) is 4.02. The average Bonchev–Trinajstić information content (AvgIpc) is 2.39. The van der Waals surface area contributed by atoms with Crippen LogP contribution in [0.4, 0.5) is 0 Å². The molecule has 1 aliphatic carbocycles. The van der Waals surface area contributed by atoms with Crippen molar-refractivity contribution in [1.82, 2.24) is 9.78 Å². The van der Waals surface area contributed by atoms with Crippen LogP contribution in [0.3, 0.4) is 0 Å². The second kappa shape index (κ2) is 3.89. The van der Waals surface area contributed by atoms with Gasteiger partial charge in [-0.15, -0.1) is 0 Å². The number of hydrogen-bond donors (Lipinski definition) is 0. The Morgan fingerprint density at radius 2 is 2.13 bits per heavy atom. The van der Waals surface area contributed by atoms with E-state index in [0.717, 1.165) is 5.69 Å². The van der Waals surface area contributed by atoms with Crippen LogP contribution in [0.25, 0.3) is 5.57 Å². The number of aromatic nitrogens is 2. The number of aryl methyl sites for hydroxylation is 2. The van der Waals surface area contributed by atoms with Crippen molar-refractivity contribution in [2.45, 2.75) is 13.8 Å². The van der Waals surface area contributed by atoms with Crippen molar-refractivity contribution in [3.63, 3.8) is 0 Å². The molecule has 2 rings (SSSR count). The summed E-state index contributed by atoms with van der Waals surface area (Å²) in [7, 11) is 1.98. The first-order valence-corrected chi connectivity index (χ1v) is 5.24. The summed E-state index contributed by atoms with van der Waals surface area (Å²) in [5.41, 5.74) is 3.45. The number of nitrogens with zero attached hydrogens (tertiary/aromatic N) is 2. The van der Waals surface area contributed by atoms with E-state index in [1.54, 1.807) is 0 Å². The van der Waals surface area contributed by atoms with Crippen LogP contribution in [0.2, 0.25) is 0 Å². The molecule has 1 aromatic rings. The van der Waals surface area contributed by atoms with Gasteiger partial charge in [-0.25, -0.2) is 0 Å². The lowest BCUT2D eigenvalue weighted by Crippen LogP contribution is -1.96. The predicted octanol–water partition coefficient (Wildman–Crippen LogP) is 2.87. The molecule has 1 aliphatic rings. The molecular weight excluding hydrogens is 184 g/mol. The average molecular weight is 200 g/mol. The van der Waals surface area contributed by atoms with E-state index >= 15 is 0 Å². The minimum absolute atomic E-state index is 0.507. The fourth-order valence-corrected chi connectivity index (χ4v) is 1.76. The highest BCUT2D eigenvalue weighted by Crippen LogP contribution is 2.20. The molecule has 0 amide bonds. The Balaban J connectivity index is 2.40. The van der Waals surface area contributed by atoms with Crippen molar-refractivity contribution in [2.24, 2.45) is 13.0 Å². The van der Waals surface area contributed by atoms with Crippen LogP contribution >= 0.6 is 0 Å². The molecule has 1 aromatic heterocycles. The molecule has 1 unspecified atom stereocenters. The summed E-state index contributed by atoms with van der Waals surface area (Å²) in [4.78, 5) is 0. The van der Waals surface area contributed by atoms with E-state index in [1.165, 1.54) is 11.3 Å². The lowest BCUT2D eigenvalue weighted by molar-refractivity contribution is 0.747. The lowest BCUT2D eigenvalue weighted by atomic mass is 10.1. The summed E-state index contributed by atoms with van der Waals surface area (Å²) in [6.45, 7) is 4.20. The van der Waals surface area contributed by atoms with Crippen LogP contribution < -0.4 is 0 Å². The molecule has 0 aromatic carbocycles. The van der Waals surface area contributed by atoms with Crippen LogP contribution in [-0.2, 0) is 7.05 Å². The zero-order valence-electron chi connectivity index (χ0n) is 9.44. The SMILES string of the molecule is Cc1cc(C2=CC=CC(C)C=C2)n(C)n1. The zero-order chi connectivity index (χ0) is 10.8. The molecule has 2 heteroatoms. The quantitative estimate of drug-likeness (QED) is 0.681. The summed E-state index contributed by atoms with van der Waals surface area (Å²) >= 11 is 0. The van der Waals surface area contributed by atoms with Crippen LogP contribution in [0, 0.1) is 12.8 Å². The van der Waals surface area contributed by atoms with Gasteiger partial charge in [0.15, 0.2) is 0 Å². The first-order valence-electron chi connectivity index (χ1n) is 5.24. The molecule has 0 N–H and O–H groups in total. The molecule has 1 heterocycles. The van der Waals surface area contributed by atoms with Crippen molar-refractivity contribution in [3.8, 4) is 0 Å². The smallest absolute Gasteiger partial charge is 0.0681 e. The third kappa shape index (κ3) is 2.09. The van der Waals surface area contributed by atoms with Gasteiger partial charge in [0.1, 0.15) is 0 Å². The van der Waals surface area contributed by atoms with E-state index in [1.807, 2.05) is 18.7 Å². The zero-order valence-corrected chi connectivity index (χ0v) is 9.44. The van der Waals surface area contributed by atoms with Crippen LogP contribution in [-0.4, -0.2) is 9.78 Å². The van der Waals surface area contributed by atoms with Gasteiger partial charge in [0, 0.05) is 7.05 Å². The second-order valence-corrected chi connectivity index (χ2v) is 4.02. The van der Waals surface area contributed by atoms with Crippen LogP contribution in [0.15, 0.2) is 36.4 Å². The van der Waals surface area contributed by atoms with Crippen LogP contribution in [0.1, 0.15) is 18.3 Å². The third-order valence-electron chi connectivity index (χ3n) is 2.57. The summed E-state index contributed by atoms with van der Waals surface area (Å²) in [5.74, 6) is 0.507. The fraction of sp³-hybridized carbons (Fsp3) is 0.308. The van der Waals surface area contributed by atoms with E-state index in [-0.39, 0.29) is 0 Å². The normalized spacial score (nSPS) is 20.2. The van der Waals surface area contributed by atoms with E-state index < -0.39 is 0 Å². The standard InChI is InChI=1S/C13H16N2/c1-10-5-4-6-12(8-7-10)13-9-11(2)14-15(13)3/h4-10H,1-3H3. The van der Waals surface area contributed by atoms with Crippen molar-refractivity contribution in [1.29, 1.82) is 0 Å². The molecule has 2 nitrogen and oxygen atoms in total. The largest absolute Gasteiger partial charge is 0.268 e. The van der Waals surface area contributed by atoms with Crippen molar-refractivity contribution in [3.05, 3.63) is 47.8 Å². The number of allylic oxidation sites excluding steroid dienone is 6. The fourth-order valence-electron chi connectivity index (χ4n) is 1.76. The highest BCUT2D eigenvalue weighted by molar-refractivity contribution is 5.74. The van der Waals surface area contributed by atoms with E-state index in [4.69, 9.17) is 0 Å². The van der Waals surface area contributed by atoms with E-state index in [0.29, 0.717) is 5.92 Å². The van der Waals surface area contributed by atoms with Gasteiger partial charge in [-0.2, -0.15) is 5.10 Å².